The first-order chi connectivity index (χ1) is 11.0. The molecule has 0 fully saturated rings. The SMILES string of the molecule is COC(=O)c1cccc(NC(=O)COc2cc(C)c(C)nn2)c1. The maximum Gasteiger partial charge on any atom is 0.337 e. The van der Waals surface area contributed by atoms with Crippen LogP contribution in [0.4, 0.5) is 5.69 Å². The molecule has 2 rings (SSSR count). The number of nitrogens with zero attached hydrogens (tertiary/aromatic N) is 2. The summed E-state index contributed by atoms with van der Waals surface area (Å²) in [5.74, 6) is -0.554. The molecule has 1 aromatic carbocycles. The van der Waals surface area contributed by atoms with Crippen molar-refractivity contribution in [3.63, 3.8) is 0 Å². The fourth-order valence-corrected chi connectivity index (χ4v) is 1.77. The monoisotopic (exact) mass is 315 g/mol. The fourth-order valence-electron chi connectivity index (χ4n) is 1.77. The number of hydrogen-bond acceptors (Lipinski definition) is 6. The molecule has 0 aliphatic heterocycles. The van der Waals surface area contributed by atoms with E-state index < -0.39 is 5.97 Å². The minimum absolute atomic E-state index is 0.209. The van der Waals surface area contributed by atoms with Crippen molar-refractivity contribution in [3.05, 3.63) is 47.2 Å². The predicted octanol–water partition coefficient (Wildman–Crippen LogP) is 1.90. The van der Waals surface area contributed by atoms with Crippen LogP contribution < -0.4 is 10.1 Å². The third kappa shape index (κ3) is 4.50. The Morgan fingerprint density at radius 1 is 1.17 bits per heavy atom. The molecule has 0 radical (unpaired) electrons. The van der Waals surface area contributed by atoms with E-state index in [2.05, 4.69) is 20.3 Å². The standard InChI is InChI=1S/C16H17N3O4/c1-10-7-15(19-18-11(10)2)23-9-14(20)17-13-6-4-5-12(8-13)16(21)22-3/h4-8H,9H2,1-3H3,(H,17,20). The number of carbonyl (C=O) groups is 2. The highest BCUT2D eigenvalue weighted by Gasteiger charge is 2.09. The largest absolute Gasteiger partial charge is 0.466 e. The lowest BCUT2D eigenvalue weighted by Crippen LogP contribution is -2.21. The second-order valence-corrected chi connectivity index (χ2v) is 4.86. The fraction of sp³-hybridized carbons (Fsp3) is 0.250. The van der Waals surface area contributed by atoms with Gasteiger partial charge in [0.05, 0.1) is 18.4 Å². The molecule has 0 aliphatic rings. The summed E-state index contributed by atoms with van der Waals surface area (Å²) in [4.78, 5) is 23.3. The van der Waals surface area contributed by atoms with Crippen LogP contribution in [0, 0.1) is 13.8 Å². The van der Waals surface area contributed by atoms with Gasteiger partial charge in [-0.2, -0.15) is 5.10 Å². The Kier molecular flexibility index (Phi) is 5.24. The number of aryl methyl sites for hydroxylation is 2. The number of hydrogen-bond donors (Lipinski definition) is 1. The van der Waals surface area contributed by atoms with Gasteiger partial charge in [0.1, 0.15) is 0 Å². The second kappa shape index (κ2) is 7.35. The Bertz CT molecular complexity index is 731. The van der Waals surface area contributed by atoms with Crippen molar-refractivity contribution in [1.82, 2.24) is 10.2 Å². The molecule has 1 heterocycles. The van der Waals surface area contributed by atoms with Crippen LogP contribution in [-0.2, 0) is 9.53 Å². The lowest BCUT2D eigenvalue weighted by atomic mass is 10.2. The molecule has 2 aromatic rings. The molecule has 0 aliphatic carbocycles. The van der Waals surface area contributed by atoms with Crippen molar-refractivity contribution in [2.75, 3.05) is 19.0 Å². The minimum Gasteiger partial charge on any atom is -0.466 e. The van der Waals surface area contributed by atoms with Crippen molar-refractivity contribution in [1.29, 1.82) is 0 Å². The van der Waals surface area contributed by atoms with Gasteiger partial charge in [0.25, 0.3) is 5.91 Å². The van der Waals surface area contributed by atoms with Gasteiger partial charge in [0.2, 0.25) is 5.88 Å². The number of nitrogens with one attached hydrogen (secondary N) is 1. The van der Waals surface area contributed by atoms with Gasteiger partial charge in [-0.05, 0) is 37.6 Å². The van der Waals surface area contributed by atoms with E-state index in [0.717, 1.165) is 11.3 Å². The summed E-state index contributed by atoms with van der Waals surface area (Å²) < 4.78 is 9.93. The normalized spacial score (nSPS) is 10.0. The van der Waals surface area contributed by atoms with Crippen LogP contribution in [0.5, 0.6) is 5.88 Å². The first-order valence-electron chi connectivity index (χ1n) is 6.91. The van der Waals surface area contributed by atoms with Crippen LogP contribution in [0.2, 0.25) is 0 Å². The predicted molar refractivity (Wildman–Crippen MR) is 83.4 cm³/mol. The molecule has 7 nitrogen and oxygen atoms in total. The van der Waals surface area contributed by atoms with Crippen LogP contribution in [0.1, 0.15) is 21.6 Å². The Hall–Kier alpha value is -2.96. The van der Waals surface area contributed by atoms with Gasteiger partial charge in [-0.15, -0.1) is 5.10 Å². The number of rotatable bonds is 5. The molecule has 0 saturated carbocycles. The summed E-state index contributed by atoms with van der Waals surface area (Å²) in [6.45, 7) is 3.52. The first-order valence-corrected chi connectivity index (χ1v) is 6.91. The summed E-state index contributed by atoms with van der Waals surface area (Å²) in [7, 11) is 1.30. The number of benzene rings is 1. The highest BCUT2D eigenvalue weighted by molar-refractivity contribution is 5.95. The molecule has 1 aromatic heterocycles. The number of esters is 1. The summed E-state index contributed by atoms with van der Waals surface area (Å²) in [5, 5.41) is 10.4. The highest BCUT2D eigenvalue weighted by Crippen LogP contribution is 2.12. The Morgan fingerprint density at radius 2 is 1.96 bits per heavy atom. The van der Waals surface area contributed by atoms with Crippen molar-refractivity contribution < 1.29 is 19.1 Å². The molecule has 1 N–H and O–H groups in total. The maximum absolute atomic E-state index is 11.9. The first kappa shape index (κ1) is 16.4. The zero-order valence-electron chi connectivity index (χ0n) is 13.1. The van der Waals surface area contributed by atoms with E-state index in [0.29, 0.717) is 11.3 Å². The Balaban J connectivity index is 1.94. The van der Waals surface area contributed by atoms with E-state index in [4.69, 9.17) is 4.74 Å². The third-order valence-electron chi connectivity index (χ3n) is 3.13. The molecule has 23 heavy (non-hydrogen) atoms. The molecule has 120 valence electrons. The van der Waals surface area contributed by atoms with Gasteiger partial charge in [-0.3, -0.25) is 4.79 Å². The van der Waals surface area contributed by atoms with Crippen LogP contribution in [0.25, 0.3) is 0 Å². The van der Waals surface area contributed by atoms with E-state index in [1.165, 1.54) is 13.2 Å². The van der Waals surface area contributed by atoms with Gasteiger partial charge >= 0.3 is 5.97 Å². The van der Waals surface area contributed by atoms with Crippen molar-refractivity contribution in [2.45, 2.75) is 13.8 Å². The van der Waals surface area contributed by atoms with E-state index in [1.54, 1.807) is 24.3 Å². The minimum atomic E-state index is -0.470. The molecular formula is C16H17N3O4. The van der Waals surface area contributed by atoms with Crippen molar-refractivity contribution in [2.24, 2.45) is 0 Å². The Labute approximate surface area is 133 Å². The van der Waals surface area contributed by atoms with Gasteiger partial charge < -0.3 is 14.8 Å². The molecule has 0 bridgehead atoms. The van der Waals surface area contributed by atoms with Gasteiger partial charge in [0.15, 0.2) is 6.61 Å². The van der Waals surface area contributed by atoms with Gasteiger partial charge in [-0.25, -0.2) is 4.79 Å². The lowest BCUT2D eigenvalue weighted by Gasteiger charge is -2.08. The van der Waals surface area contributed by atoms with E-state index >= 15 is 0 Å². The number of carbonyl (C=O) groups excluding carboxylic acids is 2. The molecule has 0 spiro atoms. The smallest absolute Gasteiger partial charge is 0.337 e. The van der Waals surface area contributed by atoms with Crippen LogP contribution >= 0.6 is 0 Å². The third-order valence-corrected chi connectivity index (χ3v) is 3.13. The molecule has 1 amide bonds. The van der Waals surface area contributed by atoms with Gasteiger partial charge in [0, 0.05) is 11.8 Å². The second-order valence-electron chi connectivity index (χ2n) is 4.86. The van der Waals surface area contributed by atoms with Gasteiger partial charge in [-0.1, -0.05) is 6.07 Å². The summed E-state index contributed by atoms with van der Waals surface area (Å²) in [6, 6.07) is 8.16. The summed E-state index contributed by atoms with van der Waals surface area (Å²) >= 11 is 0. The maximum atomic E-state index is 11.9. The summed E-state index contributed by atoms with van der Waals surface area (Å²) in [5.41, 5.74) is 2.57. The lowest BCUT2D eigenvalue weighted by molar-refractivity contribution is -0.118. The van der Waals surface area contributed by atoms with Crippen LogP contribution in [0.3, 0.4) is 0 Å². The molecule has 0 unspecified atom stereocenters. The Morgan fingerprint density at radius 3 is 2.65 bits per heavy atom. The number of anilines is 1. The quantitative estimate of drug-likeness (QED) is 0.847. The topological polar surface area (TPSA) is 90.4 Å². The number of amides is 1. The summed E-state index contributed by atoms with van der Waals surface area (Å²) in [6.07, 6.45) is 0. The molecular weight excluding hydrogens is 298 g/mol. The average Bonchev–Trinajstić information content (AvgIpc) is 2.55. The zero-order valence-corrected chi connectivity index (χ0v) is 13.1. The molecule has 0 saturated heterocycles. The number of ether oxygens (including phenoxy) is 2. The van der Waals surface area contributed by atoms with Crippen molar-refractivity contribution >= 4 is 17.6 Å². The van der Waals surface area contributed by atoms with Crippen LogP contribution in [0.15, 0.2) is 30.3 Å². The number of methoxy groups -OCH3 is 1. The van der Waals surface area contributed by atoms with Crippen LogP contribution in [-0.4, -0.2) is 35.8 Å². The van der Waals surface area contributed by atoms with E-state index in [-0.39, 0.29) is 18.4 Å². The van der Waals surface area contributed by atoms with E-state index in [9.17, 15) is 9.59 Å². The molecule has 7 heteroatoms. The zero-order chi connectivity index (χ0) is 16.8. The van der Waals surface area contributed by atoms with E-state index in [1.807, 2.05) is 13.8 Å². The highest BCUT2D eigenvalue weighted by atomic mass is 16.5. The molecule has 0 atom stereocenters. The van der Waals surface area contributed by atoms with Crippen molar-refractivity contribution in [3.8, 4) is 5.88 Å². The number of aromatic nitrogens is 2. The average molecular weight is 315 g/mol.